The topological polar surface area (TPSA) is 121 Å². The fourth-order valence-electron chi connectivity index (χ4n) is 3.04. The van der Waals surface area contributed by atoms with Gasteiger partial charge >= 0.3 is 5.76 Å². The Morgan fingerprint density at radius 3 is 2.71 bits per heavy atom. The Bertz CT molecular complexity index is 1230. The van der Waals surface area contributed by atoms with Crippen LogP contribution in [0.4, 0.5) is 5.69 Å². The maximum Gasteiger partial charge on any atom is 0.420 e. The number of hydrogen-bond acceptors (Lipinski definition) is 6. The number of nitrogens with one attached hydrogen (secondary N) is 1. The molecule has 0 saturated carbocycles. The number of amides is 1. The van der Waals surface area contributed by atoms with Crippen LogP contribution in [0.2, 0.25) is 0 Å². The van der Waals surface area contributed by atoms with E-state index in [9.17, 15) is 19.7 Å². The number of aromatic nitrogens is 1. The zero-order chi connectivity index (χ0) is 19.8. The molecule has 9 nitrogen and oxygen atoms in total. The molecule has 4 rings (SSSR count). The van der Waals surface area contributed by atoms with Crippen molar-refractivity contribution in [2.75, 3.05) is 0 Å². The molecular formula is C19H15N3O6. The Hall–Kier alpha value is -3.88. The zero-order valence-corrected chi connectivity index (χ0v) is 14.7. The number of nitro benzene ring substituents is 1. The second kappa shape index (κ2) is 6.69. The standard InChI is InChI=1S/C19H15N3O6/c1-11(16-8-12-4-2-3-5-15(12)27-16)20-18(23)10-21-14-7-6-13(22(25)26)9-17(14)28-19(21)24/h2-9,11H,10H2,1H3,(H,20,23)/t11-/m1/s1. The molecule has 0 unspecified atom stereocenters. The van der Waals surface area contributed by atoms with Gasteiger partial charge in [0.2, 0.25) is 5.91 Å². The van der Waals surface area contributed by atoms with Gasteiger partial charge in [0.05, 0.1) is 22.5 Å². The SMILES string of the molecule is C[C@@H](NC(=O)Cn1c(=O)oc2cc([N+](=O)[O-])ccc21)c1cc2ccccc2o1. The molecule has 0 spiro atoms. The van der Waals surface area contributed by atoms with Crippen LogP contribution < -0.4 is 11.1 Å². The number of para-hydroxylation sites is 1. The highest BCUT2D eigenvalue weighted by Crippen LogP contribution is 2.24. The fourth-order valence-corrected chi connectivity index (χ4v) is 3.04. The molecule has 0 bridgehead atoms. The second-order valence-corrected chi connectivity index (χ2v) is 6.34. The minimum absolute atomic E-state index is 0.0531. The van der Waals surface area contributed by atoms with Crippen LogP contribution in [-0.4, -0.2) is 15.4 Å². The van der Waals surface area contributed by atoms with Crippen LogP contribution in [0.1, 0.15) is 18.7 Å². The molecule has 2 aromatic carbocycles. The smallest absolute Gasteiger partial charge is 0.420 e. The van der Waals surface area contributed by atoms with Crippen molar-refractivity contribution < 1.29 is 18.6 Å². The minimum atomic E-state index is -0.762. The van der Waals surface area contributed by atoms with Crippen molar-refractivity contribution in [3.63, 3.8) is 0 Å². The van der Waals surface area contributed by atoms with Gasteiger partial charge in [0, 0.05) is 11.5 Å². The number of nitro groups is 1. The highest BCUT2D eigenvalue weighted by atomic mass is 16.6. The Morgan fingerprint density at radius 1 is 1.18 bits per heavy atom. The van der Waals surface area contributed by atoms with E-state index in [0.29, 0.717) is 11.3 Å². The molecule has 142 valence electrons. The first-order valence-corrected chi connectivity index (χ1v) is 8.48. The lowest BCUT2D eigenvalue weighted by atomic mass is 10.2. The van der Waals surface area contributed by atoms with Gasteiger partial charge in [0.25, 0.3) is 5.69 Å². The van der Waals surface area contributed by atoms with Crippen molar-refractivity contribution in [1.29, 1.82) is 0 Å². The maximum absolute atomic E-state index is 12.4. The molecule has 2 heterocycles. The highest BCUT2D eigenvalue weighted by Gasteiger charge is 2.18. The highest BCUT2D eigenvalue weighted by molar-refractivity contribution is 5.81. The number of carbonyl (C=O) groups excluding carboxylic acids is 1. The lowest BCUT2D eigenvalue weighted by Gasteiger charge is -2.11. The number of nitrogens with zero attached hydrogens (tertiary/aromatic N) is 2. The number of carbonyl (C=O) groups is 1. The summed E-state index contributed by atoms with van der Waals surface area (Å²) >= 11 is 0. The van der Waals surface area contributed by atoms with Crippen LogP contribution in [0.15, 0.2) is 62.2 Å². The Kier molecular flexibility index (Phi) is 4.19. The monoisotopic (exact) mass is 381 g/mol. The molecule has 1 amide bonds. The Balaban J connectivity index is 1.54. The third kappa shape index (κ3) is 3.13. The fraction of sp³-hybridized carbons (Fsp3) is 0.158. The normalized spacial score (nSPS) is 12.3. The van der Waals surface area contributed by atoms with Gasteiger partial charge in [-0.25, -0.2) is 4.79 Å². The van der Waals surface area contributed by atoms with Crippen molar-refractivity contribution in [3.8, 4) is 0 Å². The average Bonchev–Trinajstić information content (AvgIpc) is 3.22. The lowest BCUT2D eigenvalue weighted by molar-refractivity contribution is -0.384. The van der Waals surface area contributed by atoms with Crippen LogP contribution >= 0.6 is 0 Å². The summed E-state index contributed by atoms with van der Waals surface area (Å²) < 4.78 is 11.9. The molecule has 0 radical (unpaired) electrons. The van der Waals surface area contributed by atoms with E-state index in [1.54, 1.807) is 6.92 Å². The summed E-state index contributed by atoms with van der Waals surface area (Å²) in [5.41, 5.74) is 0.882. The van der Waals surface area contributed by atoms with Gasteiger partial charge in [0.1, 0.15) is 17.9 Å². The molecule has 2 aromatic heterocycles. The van der Waals surface area contributed by atoms with Crippen LogP contribution in [0, 0.1) is 10.1 Å². The number of furan rings is 1. The predicted molar refractivity (Wildman–Crippen MR) is 99.9 cm³/mol. The second-order valence-electron chi connectivity index (χ2n) is 6.34. The molecule has 4 aromatic rings. The lowest BCUT2D eigenvalue weighted by Crippen LogP contribution is -2.32. The van der Waals surface area contributed by atoms with Gasteiger partial charge in [-0.15, -0.1) is 0 Å². The summed E-state index contributed by atoms with van der Waals surface area (Å²) in [6.07, 6.45) is 0. The first-order valence-electron chi connectivity index (χ1n) is 8.48. The van der Waals surface area contributed by atoms with E-state index in [1.807, 2.05) is 30.3 Å². The molecule has 0 fully saturated rings. The maximum atomic E-state index is 12.4. The van der Waals surface area contributed by atoms with Gasteiger partial charge in [-0.2, -0.15) is 0 Å². The van der Waals surface area contributed by atoms with Crippen LogP contribution in [-0.2, 0) is 11.3 Å². The molecule has 9 heteroatoms. The van der Waals surface area contributed by atoms with E-state index in [-0.39, 0.29) is 17.8 Å². The van der Waals surface area contributed by atoms with E-state index in [4.69, 9.17) is 8.83 Å². The molecular weight excluding hydrogens is 366 g/mol. The number of rotatable bonds is 5. The van der Waals surface area contributed by atoms with Gasteiger partial charge < -0.3 is 14.2 Å². The largest absolute Gasteiger partial charge is 0.459 e. The van der Waals surface area contributed by atoms with E-state index in [2.05, 4.69) is 5.32 Å². The molecule has 0 aliphatic rings. The Labute approximate surface area is 157 Å². The third-order valence-corrected chi connectivity index (χ3v) is 4.41. The zero-order valence-electron chi connectivity index (χ0n) is 14.7. The van der Waals surface area contributed by atoms with Gasteiger partial charge in [-0.05, 0) is 25.1 Å². The quantitative estimate of drug-likeness (QED) is 0.419. The van der Waals surface area contributed by atoms with Crippen LogP contribution in [0.3, 0.4) is 0 Å². The summed E-state index contributed by atoms with van der Waals surface area (Å²) in [5, 5.41) is 14.5. The average molecular weight is 381 g/mol. The van der Waals surface area contributed by atoms with Crippen molar-refractivity contribution in [2.45, 2.75) is 19.5 Å². The van der Waals surface area contributed by atoms with E-state index >= 15 is 0 Å². The molecule has 0 aliphatic carbocycles. The van der Waals surface area contributed by atoms with Crippen molar-refractivity contribution in [2.24, 2.45) is 0 Å². The van der Waals surface area contributed by atoms with Crippen LogP contribution in [0.5, 0.6) is 0 Å². The summed E-state index contributed by atoms with van der Waals surface area (Å²) in [4.78, 5) is 34.7. The molecule has 0 saturated heterocycles. The van der Waals surface area contributed by atoms with E-state index < -0.39 is 22.6 Å². The van der Waals surface area contributed by atoms with Gasteiger partial charge in [-0.1, -0.05) is 18.2 Å². The van der Waals surface area contributed by atoms with Crippen molar-refractivity contribution in [1.82, 2.24) is 9.88 Å². The minimum Gasteiger partial charge on any atom is -0.459 e. The number of oxazole rings is 1. The van der Waals surface area contributed by atoms with E-state index in [1.165, 1.54) is 12.1 Å². The molecule has 1 N–H and O–H groups in total. The number of hydrogen-bond donors (Lipinski definition) is 1. The molecule has 28 heavy (non-hydrogen) atoms. The summed E-state index contributed by atoms with van der Waals surface area (Å²) in [6, 6.07) is 12.7. The van der Waals surface area contributed by atoms with Crippen molar-refractivity contribution >= 4 is 33.7 Å². The first-order chi connectivity index (χ1) is 13.4. The summed E-state index contributed by atoms with van der Waals surface area (Å²) in [6.45, 7) is 1.49. The van der Waals surface area contributed by atoms with Crippen molar-refractivity contribution in [3.05, 3.63) is 75.0 Å². The third-order valence-electron chi connectivity index (χ3n) is 4.41. The van der Waals surface area contributed by atoms with E-state index in [0.717, 1.165) is 21.6 Å². The van der Waals surface area contributed by atoms with Crippen LogP contribution in [0.25, 0.3) is 22.1 Å². The number of non-ortho nitro benzene ring substituents is 1. The molecule has 1 atom stereocenters. The van der Waals surface area contributed by atoms with Gasteiger partial charge in [-0.3, -0.25) is 19.5 Å². The number of benzene rings is 2. The Morgan fingerprint density at radius 2 is 1.96 bits per heavy atom. The number of fused-ring (bicyclic) bond motifs is 2. The van der Waals surface area contributed by atoms with Gasteiger partial charge in [0.15, 0.2) is 5.58 Å². The summed E-state index contributed by atoms with van der Waals surface area (Å²) in [5.74, 6) is -0.590. The predicted octanol–water partition coefficient (Wildman–Crippen LogP) is 3.13. The summed E-state index contributed by atoms with van der Waals surface area (Å²) in [7, 11) is 0. The molecule has 0 aliphatic heterocycles. The first kappa shape index (κ1) is 17.5.